The number of rotatable bonds is 2. The van der Waals surface area contributed by atoms with Crippen LogP contribution in [-0.2, 0) is 0 Å². The van der Waals surface area contributed by atoms with Crippen LogP contribution in [0.5, 0.6) is 0 Å². The number of hydrogen-bond donors (Lipinski definition) is 8. The van der Waals surface area contributed by atoms with Gasteiger partial charge in [0, 0.05) is 0 Å². The third-order valence-corrected chi connectivity index (χ3v) is 1.91. The van der Waals surface area contributed by atoms with E-state index in [4.69, 9.17) is 32.4 Å². The SMILES string of the molecule is N=NC=NN.N=NC=NN.NC(=O)O.Nc1ccccc1N.c1ccccc1. The van der Waals surface area contributed by atoms with Gasteiger partial charge in [-0.3, -0.25) is 0 Å². The van der Waals surface area contributed by atoms with Gasteiger partial charge in [0.2, 0.25) is 0 Å². The largest absolute Gasteiger partial charge is 0.465 e. The van der Waals surface area contributed by atoms with Crippen LogP contribution < -0.4 is 28.9 Å². The van der Waals surface area contributed by atoms with Gasteiger partial charge in [0.1, 0.15) is 0 Å². The molecule has 13 N–H and O–H groups in total. The predicted molar refractivity (Wildman–Crippen MR) is 110 cm³/mol. The average Bonchev–Trinajstić information content (AvgIpc) is 2.68. The summed E-state index contributed by atoms with van der Waals surface area (Å²) in [6.07, 6.45) is 0.556. The average molecular weight is 391 g/mol. The molecule has 0 unspecified atom stereocenters. The van der Waals surface area contributed by atoms with Crippen LogP contribution in [0.1, 0.15) is 0 Å². The summed E-state index contributed by atoms with van der Waals surface area (Å²) in [5, 5.41) is 18.3. The van der Waals surface area contributed by atoms with Crippen molar-refractivity contribution in [3.63, 3.8) is 0 Å². The first-order chi connectivity index (χ1) is 13.4. The van der Waals surface area contributed by atoms with Gasteiger partial charge in [-0.15, -0.1) is 10.2 Å². The van der Waals surface area contributed by atoms with E-state index < -0.39 is 6.09 Å². The summed E-state index contributed by atoms with van der Waals surface area (Å²) < 4.78 is 0. The standard InChI is InChI=1S/C6H8N2.C6H6.2CH4N4.CH3NO2/c7-5-3-1-2-4-6(5)8;1-2-4-6-5-3-1;2*2-4-1-5-3;2-1(3)4/h1-4H,7-8H2;1-6H;2*1-2H,3H2;2H2,(H,3,4). The van der Waals surface area contributed by atoms with Crippen molar-refractivity contribution in [1.29, 1.82) is 11.1 Å². The molecule has 13 nitrogen and oxygen atoms in total. The van der Waals surface area contributed by atoms with Crippen molar-refractivity contribution in [2.75, 3.05) is 11.5 Å². The minimum absolute atomic E-state index is 0.646. The molecule has 0 atom stereocenters. The number of hydrogen-bond acceptors (Lipinski definition) is 9. The van der Waals surface area contributed by atoms with Crippen molar-refractivity contribution in [3.05, 3.63) is 60.7 Å². The summed E-state index contributed by atoms with van der Waals surface area (Å²) >= 11 is 0. The Labute approximate surface area is 161 Å². The fourth-order valence-electron chi connectivity index (χ4n) is 0.962. The molecule has 152 valence electrons. The molecule has 0 fully saturated rings. The number of nitrogens with two attached hydrogens (primary N) is 5. The normalized spacial score (nSPS) is 8.29. The van der Waals surface area contributed by atoms with Crippen molar-refractivity contribution in [2.45, 2.75) is 0 Å². The van der Waals surface area contributed by atoms with Crippen LogP contribution in [0.15, 0.2) is 81.1 Å². The summed E-state index contributed by atoms with van der Waals surface area (Å²) in [4.78, 5) is 8.78. The molecule has 0 aliphatic carbocycles. The van der Waals surface area contributed by atoms with Crippen LogP contribution in [0.4, 0.5) is 16.2 Å². The second kappa shape index (κ2) is 24.7. The number of anilines is 2. The first-order valence-corrected chi connectivity index (χ1v) is 7.12. The third-order valence-electron chi connectivity index (χ3n) is 1.91. The fraction of sp³-hybridized carbons (Fsp3) is 0. The van der Waals surface area contributed by atoms with Crippen molar-refractivity contribution in [1.82, 2.24) is 0 Å². The van der Waals surface area contributed by atoms with Crippen LogP contribution in [0, 0.1) is 11.1 Å². The molecule has 0 aliphatic heterocycles. The molecule has 0 aliphatic rings. The first-order valence-electron chi connectivity index (χ1n) is 7.12. The lowest BCUT2D eigenvalue weighted by atomic mass is 10.3. The number of nitrogen functional groups attached to an aromatic ring is 2. The number of benzene rings is 2. The lowest BCUT2D eigenvalue weighted by Crippen LogP contribution is -2.03. The van der Waals surface area contributed by atoms with Gasteiger partial charge in [-0.05, 0) is 12.1 Å². The van der Waals surface area contributed by atoms with E-state index in [0.717, 1.165) is 12.7 Å². The second-order valence-electron chi connectivity index (χ2n) is 3.91. The third kappa shape index (κ3) is 33.1. The molecule has 2 aromatic carbocycles. The molecule has 0 radical (unpaired) electrons. The highest BCUT2D eigenvalue weighted by Gasteiger charge is 1.85. The summed E-state index contributed by atoms with van der Waals surface area (Å²) in [5.41, 5.74) is 28.1. The van der Waals surface area contributed by atoms with Gasteiger partial charge in [0.15, 0.2) is 12.7 Å². The molecule has 0 saturated heterocycles. The number of hydrazone groups is 2. The van der Waals surface area contributed by atoms with Gasteiger partial charge in [-0.25, -0.2) is 15.9 Å². The molecule has 13 heteroatoms. The van der Waals surface area contributed by atoms with Gasteiger partial charge in [-0.2, -0.15) is 10.2 Å². The lowest BCUT2D eigenvalue weighted by Gasteiger charge is -1.94. The zero-order chi connectivity index (χ0) is 22.0. The van der Waals surface area contributed by atoms with E-state index in [9.17, 15) is 0 Å². The molecule has 0 spiro atoms. The smallest absolute Gasteiger partial charge is 0.402 e. The van der Waals surface area contributed by atoms with E-state index in [2.05, 4.69) is 37.9 Å². The van der Waals surface area contributed by atoms with Gasteiger partial charge in [-0.1, -0.05) is 48.5 Å². The van der Waals surface area contributed by atoms with E-state index in [0.29, 0.717) is 11.4 Å². The Balaban J connectivity index is -0.000000286. The van der Waals surface area contributed by atoms with Crippen LogP contribution in [0.3, 0.4) is 0 Å². The maximum atomic E-state index is 8.78. The number of carboxylic acid groups (broad SMARTS) is 1. The first kappa shape index (κ1) is 28.3. The number of nitrogens with one attached hydrogen (secondary N) is 2. The Bertz CT molecular complexity index is 611. The highest BCUT2D eigenvalue weighted by atomic mass is 16.4. The van der Waals surface area contributed by atoms with Crippen LogP contribution >= 0.6 is 0 Å². The van der Waals surface area contributed by atoms with Gasteiger partial charge < -0.3 is 34.0 Å². The van der Waals surface area contributed by atoms with Gasteiger partial charge in [0.05, 0.1) is 11.4 Å². The fourth-order valence-corrected chi connectivity index (χ4v) is 0.962. The molecule has 0 aromatic heterocycles. The Hall–Kier alpha value is -4.55. The Morgan fingerprint density at radius 1 is 0.786 bits per heavy atom. The van der Waals surface area contributed by atoms with Crippen molar-refractivity contribution in [3.8, 4) is 0 Å². The Kier molecular flexibility index (Phi) is 24.9. The predicted octanol–water partition coefficient (Wildman–Crippen LogP) is 2.00. The minimum Gasteiger partial charge on any atom is -0.465 e. The molecule has 2 rings (SSSR count). The highest BCUT2D eigenvalue weighted by molar-refractivity contribution is 5.62. The molecule has 0 saturated carbocycles. The van der Waals surface area contributed by atoms with E-state index in [-0.39, 0.29) is 0 Å². The number of carbonyl (C=O) groups is 1. The van der Waals surface area contributed by atoms with Gasteiger partial charge in [0.25, 0.3) is 0 Å². The summed E-state index contributed by atoms with van der Waals surface area (Å²) in [7, 11) is 0. The maximum Gasteiger partial charge on any atom is 0.402 e. The van der Waals surface area contributed by atoms with Crippen LogP contribution in [0.25, 0.3) is 0 Å². The number of nitrogens with zero attached hydrogens (tertiary/aromatic N) is 4. The molecule has 28 heavy (non-hydrogen) atoms. The van der Waals surface area contributed by atoms with E-state index in [1.165, 1.54) is 0 Å². The van der Waals surface area contributed by atoms with E-state index in [1.54, 1.807) is 12.1 Å². The number of para-hydroxylation sites is 2. The summed E-state index contributed by atoms with van der Waals surface area (Å²) in [6, 6.07) is 19.3. The van der Waals surface area contributed by atoms with Crippen LogP contribution in [-0.4, -0.2) is 23.9 Å². The van der Waals surface area contributed by atoms with Gasteiger partial charge >= 0.3 is 6.09 Å². The number of primary amides is 1. The van der Waals surface area contributed by atoms with Crippen molar-refractivity contribution >= 4 is 30.1 Å². The zero-order valence-electron chi connectivity index (χ0n) is 15.0. The van der Waals surface area contributed by atoms with Crippen LogP contribution in [0.2, 0.25) is 0 Å². The molecular formula is C15H25N11O2. The molecule has 0 bridgehead atoms. The maximum absolute atomic E-state index is 8.78. The second-order valence-corrected chi connectivity index (χ2v) is 3.91. The quantitative estimate of drug-likeness (QED) is 0.0945. The highest BCUT2D eigenvalue weighted by Crippen LogP contribution is 2.10. The lowest BCUT2D eigenvalue weighted by molar-refractivity contribution is 0.205. The molecular weight excluding hydrogens is 366 g/mol. The van der Waals surface area contributed by atoms with Crippen molar-refractivity contribution < 1.29 is 9.90 Å². The number of amides is 1. The topological polar surface area (TPSA) is 265 Å². The minimum atomic E-state index is -1.33. The monoisotopic (exact) mass is 391 g/mol. The zero-order valence-corrected chi connectivity index (χ0v) is 15.0. The summed E-state index contributed by atoms with van der Waals surface area (Å²) in [5.74, 6) is 8.99. The van der Waals surface area contributed by atoms with E-state index >= 15 is 0 Å². The Morgan fingerprint density at radius 3 is 1.14 bits per heavy atom. The molecule has 2 aromatic rings. The van der Waals surface area contributed by atoms with Crippen molar-refractivity contribution in [2.24, 2.45) is 37.9 Å². The molecule has 0 heterocycles. The Morgan fingerprint density at radius 2 is 1.04 bits per heavy atom. The van der Waals surface area contributed by atoms with E-state index in [1.807, 2.05) is 48.5 Å². The summed E-state index contributed by atoms with van der Waals surface area (Å²) in [6.45, 7) is 0. The molecule has 1 amide bonds.